The van der Waals surface area contributed by atoms with Crippen molar-refractivity contribution in [3.63, 3.8) is 0 Å². The first-order chi connectivity index (χ1) is 60.7. The molecule has 33 atom stereocenters. The number of carbonyl (C=O) groups excluding carboxylic acids is 8. The first kappa shape index (κ1) is 148. The van der Waals surface area contributed by atoms with Crippen molar-refractivity contribution in [3.05, 3.63) is 58.1 Å². The number of aliphatic hydroxyl groups excluding tert-OH is 20. The van der Waals surface area contributed by atoms with E-state index in [9.17, 15) is 169 Å². The van der Waals surface area contributed by atoms with Crippen LogP contribution in [-0.4, -0.2) is 417 Å². The second kappa shape index (κ2) is 70.2. The van der Waals surface area contributed by atoms with E-state index in [0.29, 0.717) is 6.41 Å². The number of amides is 5. The molecule has 138 heavy (non-hydrogen) atoms. The molecule has 8 rings (SSSR count). The Hall–Kier alpha value is -2.77. The third-order valence-electron chi connectivity index (χ3n) is 18.5. The number of anilines is 2. The monoisotopic (exact) mass is 2110 g/mol. The fourth-order valence-corrected chi connectivity index (χ4v) is 14.0. The van der Waals surface area contributed by atoms with Gasteiger partial charge in [-0.1, -0.05) is 55.0 Å². The average molecular weight is 2110 g/mol. The second-order valence-electron chi connectivity index (χ2n) is 27.8. The summed E-state index contributed by atoms with van der Waals surface area (Å²) in [5, 5.41) is 252. The van der Waals surface area contributed by atoms with Gasteiger partial charge in [0.15, 0.2) is 18.7 Å². The molecule has 6 saturated heterocycles. The Morgan fingerprint density at radius 1 is 0.572 bits per heavy atom. The number of nitrogen functional groups attached to an aromatic ring is 2. The normalized spacial score (nSPS) is 31.2. The molecule has 0 bridgehead atoms. The number of aliphatic hydroxyl groups is 21. The number of carboxylic acid groups (broad SMARTS) is 3. The molecule has 0 radical (unpaired) electrons. The Bertz CT molecular complexity index is 4160. The molecule has 6 aliphatic rings. The van der Waals surface area contributed by atoms with Gasteiger partial charge in [-0.2, -0.15) is 9.97 Å². The molecule has 2 aromatic heterocycles. The SMILES string of the molecule is C.C.C.C=CC.CC.CNCC(=O)NC1C(O)CC(O)(C(=O)[O-])OC1[C@H](O)[C@H](O)CO.NC1C(O)OC(CO)C(O)C1O.NCC(=O)NC1C(O)CC(OP(=O)([O-])OCC2OC(n3ccc(N)nc3=O)C(O)C2O)(C(=O)[O-])OC1[C@H](O)[C@H](O)CO.Nc1ccn(C2OC(COP(=O)([O-])OC3(C(=O)[O-])CC(O)C(NC(=O)CNC=O)C([C@H](O)[C@H](O)CO)O3)C(O)C2O)c(=O)n1.O=CNS.[Na+].[Na+].[Na+].[Na+].[Na+]. The van der Waals surface area contributed by atoms with E-state index in [1.165, 1.54) is 19.2 Å². The molecule has 8 heterocycles. The topological polar surface area (TPSA) is 1050 Å². The summed E-state index contributed by atoms with van der Waals surface area (Å²) in [4.78, 5) is 147. The molecule has 6 aliphatic heterocycles. The predicted octanol–water partition coefficient (Wildman–Crippen LogP) is -37.4. The van der Waals surface area contributed by atoms with E-state index in [0.717, 1.165) is 21.5 Å². The van der Waals surface area contributed by atoms with Gasteiger partial charge < -0.3 is 238 Å². The Labute approximate surface area is 903 Å². The van der Waals surface area contributed by atoms with E-state index < -0.39 is 323 Å². The molecule has 6 fully saturated rings. The molecule has 0 spiro atoms. The smallest absolute Gasteiger partial charge is 0.756 e. The summed E-state index contributed by atoms with van der Waals surface area (Å²) < 4.78 is 77.8. The predicted molar refractivity (Wildman–Crippen MR) is 433 cm³/mol. The van der Waals surface area contributed by atoms with Gasteiger partial charge in [0.05, 0.1) is 102 Å². The molecule has 0 aliphatic carbocycles. The van der Waals surface area contributed by atoms with E-state index in [-0.39, 0.29) is 195 Å². The third kappa shape index (κ3) is 42.8. The number of ether oxygens (including phenoxy) is 6. The number of hydrogen-bond donors (Lipinski definition) is 32. The van der Waals surface area contributed by atoms with Crippen molar-refractivity contribution < 1.29 is 374 Å². The minimum Gasteiger partial charge on any atom is -0.756 e. The van der Waals surface area contributed by atoms with Crippen molar-refractivity contribution in [1.29, 1.82) is 0 Å². The molecular formula is C68H121N14Na5O48P2S. The Kier molecular flexibility index (Phi) is 75.4. The van der Waals surface area contributed by atoms with Crippen molar-refractivity contribution in [1.82, 2.24) is 50.4 Å². The van der Waals surface area contributed by atoms with Crippen molar-refractivity contribution in [2.24, 2.45) is 11.5 Å². The van der Waals surface area contributed by atoms with Gasteiger partial charge in [0, 0.05) is 31.7 Å². The second-order valence-corrected chi connectivity index (χ2v) is 30.7. The Morgan fingerprint density at radius 2 is 0.899 bits per heavy atom. The largest absolute Gasteiger partial charge is 1.00 e. The molecule has 2 aromatic rings. The van der Waals surface area contributed by atoms with Crippen molar-refractivity contribution in [2.45, 2.75) is 251 Å². The van der Waals surface area contributed by atoms with E-state index in [1.54, 1.807) is 6.08 Å². The number of nitrogens with one attached hydrogen (secondary N) is 6. The minimum absolute atomic E-state index is 0. The molecule has 27 unspecified atom stereocenters. The van der Waals surface area contributed by atoms with Crippen LogP contribution in [0.3, 0.4) is 0 Å². The molecule has 35 N–H and O–H groups in total. The van der Waals surface area contributed by atoms with Gasteiger partial charge in [-0.15, -0.1) is 6.58 Å². The summed E-state index contributed by atoms with van der Waals surface area (Å²) >= 11 is 3.30. The van der Waals surface area contributed by atoms with Crippen LogP contribution in [0, 0.1) is 0 Å². The van der Waals surface area contributed by atoms with Gasteiger partial charge in [0.1, 0.15) is 139 Å². The number of allylic oxidation sites excluding steroid dienone is 1. The maximum atomic E-state index is 12.7. The van der Waals surface area contributed by atoms with Crippen LogP contribution in [0.1, 0.15) is 74.8 Å². The quantitative estimate of drug-likeness (QED) is 0.0100. The molecule has 0 aromatic carbocycles. The average Bonchev–Trinajstić information content (AvgIpc) is 1.41. The van der Waals surface area contributed by atoms with Gasteiger partial charge >= 0.3 is 159 Å². The van der Waals surface area contributed by atoms with Crippen LogP contribution in [-0.2, 0) is 94.0 Å². The maximum absolute atomic E-state index is 12.7. The van der Waals surface area contributed by atoms with Crippen LogP contribution < -0.4 is 239 Å². The van der Waals surface area contributed by atoms with E-state index in [1.807, 2.05) is 30.8 Å². The summed E-state index contributed by atoms with van der Waals surface area (Å²) in [6.45, 7) is 1.98. The molecule has 772 valence electrons. The molecule has 5 amide bonds. The van der Waals surface area contributed by atoms with Gasteiger partial charge in [0.25, 0.3) is 15.6 Å². The molecule has 0 saturated carbocycles. The Balaban J connectivity index is -0.000000337. The fraction of sp³-hybridized carbons (Fsp3) is 0.735. The van der Waals surface area contributed by atoms with Crippen LogP contribution in [0.4, 0.5) is 11.6 Å². The van der Waals surface area contributed by atoms with Gasteiger partial charge in [-0.3, -0.25) is 51.3 Å². The van der Waals surface area contributed by atoms with E-state index >= 15 is 0 Å². The molecule has 70 heteroatoms. The van der Waals surface area contributed by atoms with E-state index in [4.69, 9.17) is 71.5 Å². The van der Waals surface area contributed by atoms with Crippen LogP contribution >= 0.6 is 28.5 Å². The van der Waals surface area contributed by atoms with Crippen LogP contribution in [0.5, 0.6) is 0 Å². The number of likely N-dealkylation sites (N-methyl/N-ethyl adjacent to an activating group) is 1. The number of phosphoric ester groups is 2. The van der Waals surface area contributed by atoms with Crippen LogP contribution in [0.25, 0.3) is 0 Å². The first-order valence-electron chi connectivity index (χ1n) is 37.9. The zero-order chi connectivity index (χ0) is 99.8. The summed E-state index contributed by atoms with van der Waals surface area (Å²) in [5.74, 6) is -19.5. The number of hydrogen-bond acceptors (Lipinski definition) is 56. The van der Waals surface area contributed by atoms with E-state index in [2.05, 4.69) is 68.7 Å². The van der Waals surface area contributed by atoms with Gasteiger partial charge in [-0.05, 0) is 26.1 Å². The number of rotatable bonds is 35. The number of aromatic nitrogens is 4. The molecule has 62 nitrogen and oxygen atoms in total. The van der Waals surface area contributed by atoms with Crippen molar-refractivity contribution in [2.75, 3.05) is 77.8 Å². The zero-order valence-corrected chi connectivity index (χ0v) is 86.4. The number of phosphoric acid groups is 2. The summed E-state index contributed by atoms with van der Waals surface area (Å²) in [5.41, 5.74) is 19.3. The first-order valence-corrected chi connectivity index (χ1v) is 41.3. The molecular weight excluding hydrogens is 1990 g/mol. The maximum Gasteiger partial charge on any atom is 1.00 e. The number of carboxylic acids is 3. The van der Waals surface area contributed by atoms with Crippen LogP contribution in [0.15, 0.2) is 46.8 Å². The number of carbonyl (C=O) groups is 8. The fourth-order valence-electron chi connectivity index (χ4n) is 12.2. The summed E-state index contributed by atoms with van der Waals surface area (Å²) in [7, 11) is -10.2. The third-order valence-corrected chi connectivity index (χ3v) is 20.6. The number of thiol groups is 1. The minimum atomic E-state index is -5.87. The van der Waals surface area contributed by atoms with Crippen LogP contribution in [0.2, 0.25) is 0 Å². The zero-order valence-electron chi connectivity index (χ0n) is 73.8. The number of nitrogens with two attached hydrogens (primary N) is 4. The number of nitrogens with zero attached hydrogens (tertiary/aromatic N) is 4. The van der Waals surface area contributed by atoms with Gasteiger partial charge in [0.2, 0.25) is 47.9 Å². The van der Waals surface area contributed by atoms with Crippen molar-refractivity contribution >= 4 is 88.5 Å². The Morgan fingerprint density at radius 3 is 1.20 bits per heavy atom. The number of aliphatic carboxylic acids is 3. The van der Waals surface area contributed by atoms with Crippen molar-refractivity contribution in [3.8, 4) is 0 Å². The summed E-state index contributed by atoms with van der Waals surface area (Å²) in [6.07, 6.45) is -41.3. The summed E-state index contributed by atoms with van der Waals surface area (Å²) in [6, 6.07) is -3.46. The standard InChI is InChI=1S/C21H32N5O17P.C20H32N5O16P.C12H22N2O9.C6H13NO5.C3H6.C2H6.CH3NOS.3CH4.5Na/c22-11-1-2-26(20(37)24-11)18-16(34)15(33)10(41-18)6-40-44(38,39)43-21(19(35)36)3-8(29)13(25-12(31)4-23-7-28)17(42-21)14(32)9(30)5-27;21-4-11(29)24-12-7(27)3-20(18(33)34,40-16(12)13(30)8(28)5-26)41-42(36,37)38-6-9-14(31)15(32)17(39-9)25-2-1-10(22)23-19(25)35;1-13-3-7(18)14-8-5(16)2-12(22,11(20)21)23-10(8)9(19)6(17)4-15;7-3-5(10)4(9)2(1-8)12-6(3)11;1-3-2;1-2;3-1-2-4;;;;;;;;/h1-2,7-10,13-18,27,29-30,32-34H,3-6H2,(H,23,28)(H,25,31)(H,35,36)(H,38,39)(H2,22,24,37);1-2,7-9,12-17,26-28,30-32H,3-6,21H2,(H,24,29)(H,33,34)(H,36,37)(H2,22,23,35);5-6,8-10,13,15-17,19,22H,2-4H2,1H3,(H,14,18)(H,20,21);2-6,8-11H,1,7H2;3H,1H2,2H3;1-2H3;1,4H,(H,2,3);3*1H4;;;;;/q;;;;;;;;;;5*+1/p-5/t8?,9-,10?,13?,14-,15?,16?,17?,18?,21?;7?,8-,9?,12?,13-,14?,15?,16?,17?,20?;5?,6-,8?,9-,10?,12?;;;;;;;;;;;;/m111............/s1. The van der Waals surface area contributed by atoms with Gasteiger partial charge in [-0.25, -0.2) is 9.59 Å².